The van der Waals surface area contributed by atoms with Gasteiger partial charge in [-0.3, -0.25) is 4.40 Å². The summed E-state index contributed by atoms with van der Waals surface area (Å²) in [6.45, 7) is 4.22. The van der Waals surface area contributed by atoms with Crippen LogP contribution in [0.1, 0.15) is 20.3 Å². The number of fused-ring (bicyclic) bond motifs is 1. The molecule has 0 aromatic carbocycles. The molecule has 2 aromatic heterocycles. The van der Waals surface area contributed by atoms with Gasteiger partial charge in [0, 0.05) is 24.5 Å². The van der Waals surface area contributed by atoms with E-state index in [4.69, 9.17) is 11.6 Å². The average molecular weight is 225 g/mol. The van der Waals surface area contributed by atoms with E-state index in [1.807, 2.05) is 6.07 Å². The zero-order chi connectivity index (χ0) is 10.8. The van der Waals surface area contributed by atoms with E-state index in [2.05, 4.69) is 29.1 Å². The minimum atomic E-state index is 0.381. The van der Waals surface area contributed by atoms with E-state index in [0.717, 1.165) is 12.2 Å². The van der Waals surface area contributed by atoms with E-state index >= 15 is 0 Å². The van der Waals surface area contributed by atoms with Crippen molar-refractivity contribution in [3.8, 4) is 0 Å². The molecule has 0 aliphatic carbocycles. The second-order valence-corrected chi connectivity index (χ2v) is 3.90. The molecule has 0 spiro atoms. The van der Waals surface area contributed by atoms with Gasteiger partial charge in [-0.25, -0.2) is 4.98 Å². The van der Waals surface area contributed by atoms with E-state index in [0.29, 0.717) is 17.0 Å². The molecule has 2 heterocycles. The maximum absolute atomic E-state index is 6.07. The van der Waals surface area contributed by atoms with Gasteiger partial charge < -0.3 is 5.32 Å². The summed E-state index contributed by atoms with van der Waals surface area (Å²) in [6.07, 6.45) is 4.51. The highest BCUT2D eigenvalue weighted by atomic mass is 35.5. The Morgan fingerprint density at radius 2 is 2.40 bits per heavy atom. The van der Waals surface area contributed by atoms with Crippen LogP contribution in [0.3, 0.4) is 0 Å². The topological polar surface area (TPSA) is 42.2 Å². The SMILES string of the molecule is CCC(C)Nc1cc(Cl)n2ccnc2n1. The van der Waals surface area contributed by atoms with Crippen LogP contribution >= 0.6 is 11.6 Å². The molecule has 15 heavy (non-hydrogen) atoms. The highest BCUT2D eigenvalue weighted by Gasteiger charge is 2.05. The highest BCUT2D eigenvalue weighted by molar-refractivity contribution is 6.30. The first-order valence-electron chi connectivity index (χ1n) is 4.97. The molecule has 0 amide bonds. The Balaban J connectivity index is 2.36. The van der Waals surface area contributed by atoms with Gasteiger partial charge in [-0.15, -0.1) is 0 Å². The Kier molecular flexibility index (Phi) is 2.77. The Hall–Kier alpha value is -1.29. The first-order chi connectivity index (χ1) is 7.20. The Morgan fingerprint density at radius 3 is 3.13 bits per heavy atom. The van der Waals surface area contributed by atoms with Gasteiger partial charge in [0.05, 0.1) is 0 Å². The number of anilines is 1. The molecule has 1 atom stereocenters. The normalized spacial score (nSPS) is 13.0. The first-order valence-corrected chi connectivity index (χ1v) is 5.34. The summed E-state index contributed by atoms with van der Waals surface area (Å²) < 4.78 is 1.74. The highest BCUT2D eigenvalue weighted by Crippen LogP contribution is 2.16. The predicted octanol–water partition coefficient (Wildman–Crippen LogP) is 2.59. The number of hydrogen-bond acceptors (Lipinski definition) is 3. The molecule has 0 aliphatic heterocycles. The van der Waals surface area contributed by atoms with Crippen LogP contribution in [0.15, 0.2) is 18.5 Å². The van der Waals surface area contributed by atoms with Crippen molar-refractivity contribution >= 4 is 23.2 Å². The lowest BCUT2D eigenvalue weighted by Gasteiger charge is -2.12. The smallest absolute Gasteiger partial charge is 0.236 e. The van der Waals surface area contributed by atoms with Crippen LogP contribution < -0.4 is 5.32 Å². The van der Waals surface area contributed by atoms with Crippen molar-refractivity contribution in [3.05, 3.63) is 23.6 Å². The van der Waals surface area contributed by atoms with Crippen LogP contribution in [-0.2, 0) is 0 Å². The zero-order valence-electron chi connectivity index (χ0n) is 8.74. The molecule has 0 saturated carbocycles. The summed E-state index contributed by atoms with van der Waals surface area (Å²) in [7, 11) is 0. The van der Waals surface area contributed by atoms with Crippen LogP contribution in [0.25, 0.3) is 5.78 Å². The summed E-state index contributed by atoms with van der Waals surface area (Å²) in [4.78, 5) is 8.44. The maximum atomic E-state index is 6.07. The number of imidazole rings is 1. The van der Waals surface area contributed by atoms with Crippen molar-refractivity contribution in [1.82, 2.24) is 14.4 Å². The molecule has 1 unspecified atom stereocenters. The van der Waals surface area contributed by atoms with E-state index in [9.17, 15) is 0 Å². The summed E-state index contributed by atoms with van der Waals surface area (Å²) in [5.74, 6) is 1.39. The van der Waals surface area contributed by atoms with Gasteiger partial charge in [-0.2, -0.15) is 4.98 Å². The van der Waals surface area contributed by atoms with Gasteiger partial charge in [0.1, 0.15) is 11.0 Å². The van der Waals surface area contributed by atoms with E-state index in [-0.39, 0.29) is 0 Å². The van der Waals surface area contributed by atoms with Crippen molar-refractivity contribution in [2.45, 2.75) is 26.3 Å². The molecule has 0 saturated heterocycles. The third-order valence-electron chi connectivity index (χ3n) is 2.33. The van der Waals surface area contributed by atoms with Crippen LogP contribution in [-0.4, -0.2) is 20.4 Å². The lowest BCUT2D eigenvalue weighted by atomic mass is 10.2. The van der Waals surface area contributed by atoms with E-state index < -0.39 is 0 Å². The summed E-state index contributed by atoms with van der Waals surface area (Å²) in [5.41, 5.74) is 0. The van der Waals surface area contributed by atoms with Crippen molar-refractivity contribution in [3.63, 3.8) is 0 Å². The van der Waals surface area contributed by atoms with Crippen molar-refractivity contribution < 1.29 is 0 Å². The number of rotatable bonds is 3. The Labute approximate surface area is 93.3 Å². The molecule has 4 nitrogen and oxygen atoms in total. The van der Waals surface area contributed by atoms with Gasteiger partial charge >= 0.3 is 0 Å². The number of hydrogen-bond donors (Lipinski definition) is 1. The monoisotopic (exact) mass is 224 g/mol. The van der Waals surface area contributed by atoms with E-state index in [1.165, 1.54) is 0 Å². The van der Waals surface area contributed by atoms with Crippen LogP contribution in [0.4, 0.5) is 5.82 Å². The molecular formula is C10H13ClN4. The zero-order valence-corrected chi connectivity index (χ0v) is 9.49. The fourth-order valence-electron chi connectivity index (χ4n) is 1.30. The van der Waals surface area contributed by atoms with Gasteiger partial charge in [0.25, 0.3) is 0 Å². The largest absolute Gasteiger partial charge is 0.367 e. The fourth-order valence-corrected chi connectivity index (χ4v) is 1.53. The van der Waals surface area contributed by atoms with E-state index in [1.54, 1.807) is 16.8 Å². The minimum absolute atomic E-state index is 0.381. The van der Waals surface area contributed by atoms with Gasteiger partial charge in [0.2, 0.25) is 5.78 Å². The summed E-state index contributed by atoms with van der Waals surface area (Å²) in [5, 5.41) is 3.88. The molecule has 2 rings (SSSR count). The average Bonchev–Trinajstić information content (AvgIpc) is 2.66. The molecule has 80 valence electrons. The minimum Gasteiger partial charge on any atom is -0.367 e. The summed E-state index contributed by atoms with van der Waals surface area (Å²) in [6, 6.07) is 2.19. The van der Waals surface area contributed by atoms with Gasteiger partial charge in [0.15, 0.2) is 0 Å². The molecule has 2 aromatic rings. The molecule has 0 aliphatic rings. The number of halogens is 1. The fraction of sp³-hybridized carbons (Fsp3) is 0.400. The Bertz CT molecular complexity index is 465. The first kappa shape index (κ1) is 10.2. The van der Waals surface area contributed by atoms with Crippen LogP contribution in [0, 0.1) is 0 Å². The van der Waals surface area contributed by atoms with Gasteiger partial charge in [-0.1, -0.05) is 18.5 Å². The van der Waals surface area contributed by atoms with Crippen molar-refractivity contribution in [2.75, 3.05) is 5.32 Å². The van der Waals surface area contributed by atoms with Crippen molar-refractivity contribution in [2.24, 2.45) is 0 Å². The van der Waals surface area contributed by atoms with Crippen LogP contribution in [0.5, 0.6) is 0 Å². The quantitative estimate of drug-likeness (QED) is 0.815. The third kappa shape index (κ3) is 2.04. The predicted molar refractivity (Wildman–Crippen MR) is 61.4 cm³/mol. The lowest BCUT2D eigenvalue weighted by Crippen LogP contribution is -2.14. The molecule has 0 fully saturated rings. The van der Waals surface area contributed by atoms with Crippen LogP contribution in [0.2, 0.25) is 5.15 Å². The maximum Gasteiger partial charge on any atom is 0.236 e. The van der Waals surface area contributed by atoms with Gasteiger partial charge in [-0.05, 0) is 13.3 Å². The molecule has 5 heteroatoms. The number of nitrogens with zero attached hydrogens (tertiary/aromatic N) is 3. The molecular weight excluding hydrogens is 212 g/mol. The van der Waals surface area contributed by atoms with Crippen molar-refractivity contribution in [1.29, 1.82) is 0 Å². The third-order valence-corrected chi connectivity index (χ3v) is 2.63. The summed E-state index contributed by atoms with van der Waals surface area (Å²) >= 11 is 6.07. The Morgan fingerprint density at radius 1 is 1.60 bits per heavy atom. The number of aromatic nitrogens is 3. The standard InChI is InChI=1S/C10H13ClN4/c1-3-7(2)13-9-6-8(11)15-5-4-12-10(15)14-9/h4-7H,3H2,1-2H3,(H,12,13,14). The number of nitrogens with one attached hydrogen (secondary N) is 1. The molecule has 0 radical (unpaired) electrons. The lowest BCUT2D eigenvalue weighted by molar-refractivity contribution is 0.759. The second-order valence-electron chi connectivity index (χ2n) is 3.51. The molecule has 0 bridgehead atoms. The molecule has 1 N–H and O–H groups in total. The second kappa shape index (κ2) is 4.06.